The van der Waals surface area contributed by atoms with Crippen molar-refractivity contribution in [2.45, 2.75) is 32.7 Å². The van der Waals surface area contributed by atoms with Crippen molar-refractivity contribution in [3.63, 3.8) is 0 Å². The minimum atomic E-state index is 0.368. The van der Waals surface area contributed by atoms with Crippen LogP contribution in [-0.4, -0.2) is 48.6 Å². The standard InChI is InChI=1S/C12H24N2/c1-12(2,3)14-8-10-5-11(9-14)7-13(4)6-10/h10-11H,5-9H2,1-4H3. The highest BCUT2D eigenvalue weighted by atomic mass is 15.2. The van der Waals surface area contributed by atoms with Crippen molar-refractivity contribution in [1.29, 1.82) is 0 Å². The van der Waals surface area contributed by atoms with E-state index in [9.17, 15) is 0 Å². The summed E-state index contributed by atoms with van der Waals surface area (Å²) in [5.74, 6) is 1.85. The first-order valence-corrected chi connectivity index (χ1v) is 5.89. The molecule has 0 aromatic rings. The molecule has 2 aliphatic heterocycles. The Morgan fingerprint density at radius 1 is 0.929 bits per heavy atom. The summed E-state index contributed by atoms with van der Waals surface area (Å²) in [4.78, 5) is 5.19. The van der Waals surface area contributed by atoms with E-state index in [0.29, 0.717) is 5.54 Å². The lowest BCUT2D eigenvalue weighted by Gasteiger charge is -2.49. The van der Waals surface area contributed by atoms with Crippen LogP contribution < -0.4 is 0 Å². The number of nitrogens with zero attached hydrogens (tertiary/aromatic N) is 2. The lowest BCUT2D eigenvalue weighted by molar-refractivity contribution is -0.00215. The number of fused-ring (bicyclic) bond motifs is 2. The molecule has 2 bridgehead atoms. The summed E-state index contributed by atoms with van der Waals surface area (Å²) in [5.41, 5.74) is 0.368. The molecule has 2 unspecified atom stereocenters. The first-order valence-electron chi connectivity index (χ1n) is 5.89. The zero-order valence-corrected chi connectivity index (χ0v) is 10.1. The molecule has 2 heterocycles. The van der Waals surface area contributed by atoms with Crippen molar-refractivity contribution in [3.8, 4) is 0 Å². The largest absolute Gasteiger partial charge is 0.306 e. The fraction of sp³-hybridized carbons (Fsp3) is 1.00. The van der Waals surface area contributed by atoms with Crippen LogP contribution in [0, 0.1) is 11.8 Å². The molecule has 0 N–H and O–H groups in total. The zero-order chi connectivity index (χ0) is 10.3. The van der Waals surface area contributed by atoms with E-state index in [1.54, 1.807) is 0 Å². The predicted octanol–water partition coefficient (Wildman–Crippen LogP) is 1.67. The van der Waals surface area contributed by atoms with Crippen LogP contribution in [-0.2, 0) is 0 Å². The van der Waals surface area contributed by atoms with Crippen molar-refractivity contribution in [3.05, 3.63) is 0 Å². The molecule has 0 amide bonds. The molecular weight excluding hydrogens is 172 g/mol. The smallest absolute Gasteiger partial charge is 0.0125 e. The van der Waals surface area contributed by atoms with Crippen molar-refractivity contribution in [1.82, 2.24) is 9.80 Å². The fourth-order valence-corrected chi connectivity index (χ4v) is 3.09. The van der Waals surface area contributed by atoms with Crippen molar-refractivity contribution in [2.24, 2.45) is 11.8 Å². The van der Waals surface area contributed by atoms with Gasteiger partial charge in [0, 0.05) is 31.7 Å². The first-order chi connectivity index (χ1) is 6.45. The van der Waals surface area contributed by atoms with Gasteiger partial charge in [-0.2, -0.15) is 0 Å². The summed E-state index contributed by atoms with van der Waals surface area (Å²) in [6.45, 7) is 12.3. The highest BCUT2D eigenvalue weighted by Gasteiger charge is 2.36. The van der Waals surface area contributed by atoms with E-state index >= 15 is 0 Å². The van der Waals surface area contributed by atoms with Crippen LogP contribution in [0.4, 0.5) is 0 Å². The van der Waals surface area contributed by atoms with E-state index in [1.165, 1.54) is 32.6 Å². The van der Waals surface area contributed by atoms with Crippen molar-refractivity contribution < 1.29 is 0 Å². The minimum absolute atomic E-state index is 0.368. The third-order valence-corrected chi connectivity index (χ3v) is 3.71. The summed E-state index contributed by atoms with van der Waals surface area (Å²) in [6, 6.07) is 0. The van der Waals surface area contributed by atoms with Crippen molar-refractivity contribution >= 4 is 0 Å². The third-order valence-electron chi connectivity index (χ3n) is 3.71. The normalized spacial score (nSPS) is 36.0. The Morgan fingerprint density at radius 3 is 1.86 bits per heavy atom. The molecule has 82 valence electrons. The van der Waals surface area contributed by atoms with Gasteiger partial charge in [-0.25, -0.2) is 0 Å². The van der Waals surface area contributed by atoms with Gasteiger partial charge >= 0.3 is 0 Å². The Labute approximate surface area is 88.3 Å². The lowest BCUT2D eigenvalue weighted by Crippen LogP contribution is -2.56. The quantitative estimate of drug-likeness (QED) is 0.581. The molecule has 2 aliphatic rings. The van der Waals surface area contributed by atoms with Crippen LogP contribution in [0.1, 0.15) is 27.2 Å². The molecule has 0 aromatic heterocycles. The summed E-state index contributed by atoms with van der Waals surface area (Å²) in [7, 11) is 2.27. The monoisotopic (exact) mass is 196 g/mol. The number of piperidine rings is 2. The summed E-state index contributed by atoms with van der Waals surface area (Å²) < 4.78 is 0. The van der Waals surface area contributed by atoms with Crippen LogP contribution in [0.15, 0.2) is 0 Å². The maximum atomic E-state index is 2.68. The molecule has 0 radical (unpaired) electrons. The van der Waals surface area contributed by atoms with Gasteiger partial charge in [-0.1, -0.05) is 0 Å². The second-order valence-electron chi connectivity index (χ2n) is 6.26. The molecule has 0 aromatic carbocycles. The second kappa shape index (κ2) is 3.49. The molecule has 2 atom stereocenters. The predicted molar refractivity (Wildman–Crippen MR) is 60.4 cm³/mol. The van der Waals surface area contributed by atoms with Gasteiger partial charge in [-0.3, -0.25) is 4.90 Å². The average molecular weight is 196 g/mol. The zero-order valence-electron chi connectivity index (χ0n) is 10.1. The molecular formula is C12H24N2. The van der Waals surface area contributed by atoms with Crippen LogP contribution in [0.2, 0.25) is 0 Å². The van der Waals surface area contributed by atoms with Gasteiger partial charge in [-0.15, -0.1) is 0 Å². The van der Waals surface area contributed by atoms with Crippen molar-refractivity contribution in [2.75, 3.05) is 33.2 Å². The van der Waals surface area contributed by atoms with E-state index in [0.717, 1.165) is 11.8 Å². The molecule has 2 saturated heterocycles. The SMILES string of the molecule is CN1CC2CC(C1)CN(C(C)(C)C)C2. The third kappa shape index (κ3) is 2.12. The average Bonchev–Trinajstić information content (AvgIpc) is 1.99. The highest BCUT2D eigenvalue weighted by molar-refractivity contribution is 4.90. The highest BCUT2D eigenvalue weighted by Crippen LogP contribution is 2.31. The van der Waals surface area contributed by atoms with Gasteiger partial charge in [-0.05, 0) is 46.1 Å². The van der Waals surface area contributed by atoms with Gasteiger partial charge < -0.3 is 4.90 Å². The maximum Gasteiger partial charge on any atom is 0.0125 e. The maximum absolute atomic E-state index is 2.68. The van der Waals surface area contributed by atoms with Crippen LogP contribution in [0.5, 0.6) is 0 Å². The summed E-state index contributed by atoms with van der Waals surface area (Å²) >= 11 is 0. The molecule has 2 fully saturated rings. The van der Waals surface area contributed by atoms with Gasteiger partial charge in [0.25, 0.3) is 0 Å². The number of hydrogen-bond donors (Lipinski definition) is 0. The molecule has 2 heteroatoms. The van der Waals surface area contributed by atoms with E-state index in [2.05, 4.69) is 37.6 Å². The summed E-state index contributed by atoms with van der Waals surface area (Å²) in [5, 5.41) is 0. The van der Waals surface area contributed by atoms with Gasteiger partial charge in [0.15, 0.2) is 0 Å². The Kier molecular flexibility index (Phi) is 2.61. The van der Waals surface area contributed by atoms with E-state index in [1.807, 2.05) is 0 Å². The van der Waals surface area contributed by atoms with Crippen LogP contribution in [0.3, 0.4) is 0 Å². The summed E-state index contributed by atoms with van der Waals surface area (Å²) in [6.07, 6.45) is 1.47. The molecule has 0 spiro atoms. The Morgan fingerprint density at radius 2 is 1.43 bits per heavy atom. The lowest BCUT2D eigenvalue weighted by atomic mass is 9.83. The molecule has 0 saturated carbocycles. The molecule has 2 rings (SSSR count). The van der Waals surface area contributed by atoms with Gasteiger partial charge in [0.05, 0.1) is 0 Å². The number of rotatable bonds is 0. The van der Waals surface area contributed by atoms with E-state index in [-0.39, 0.29) is 0 Å². The van der Waals surface area contributed by atoms with Crippen LogP contribution >= 0.6 is 0 Å². The van der Waals surface area contributed by atoms with E-state index < -0.39 is 0 Å². The number of hydrogen-bond acceptors (Lipinski definition) is 2. The van der Waals surface area contributed by atoms with Gasteiger partial charge in [0.1, 0.15) is 0 Å². The van der Waals surface area contributed by atoms with Gasteiger partial charge in [0.2, 0.25) is 0 Å². The molecule has 0 aliphatic carbocycles. The molecule has 14 heavy (non-hydrogen) atoms. The topological polar surface area (TPSA) is 6.48 Å². The first kappa shape index (κ1) is 10.4. The Balaban J connectivity index is 2.02. The number of likely N-dealkylation sites (tertiary alicyclic amines) is 2. The molecule has 2 nitrogen and oxygen atoms in total. The minimum Gasteiger partial charge on any atom is -0.306 e. The second-order valence-corrected chi connectivity index (χ2v) is 6.26. The van der Waals surface area contributed by atoms with Crippen LogP contribution in [0.25, 0.3) is 0 Å². The fourth-order valence-electron chi connectivity index (χ4n) is 3.09. The Hall–Kier alpha value is -0.0800. The Bertz CT molecular complexity index is 189. The van der Waals surface area contributed by atoms with E-state index in [4.69, 9.17) is 0 Å².